The number of carbonyl (C=O) groups excluding carboxylic acids is 2. The van der Waals surface area contributed by atoms with Crippen LogP contribution in [0.25, 0.3) is 0 Å². The molecule has 190 valence electrons. The third-order valence-electron chi connectivity index (χ3n) is 6.58. The van der Waals surface area contributed by atoms with Crippen molar-refractivity contribution in [2.75, 3.05) is 19.7 Å². The molecule has 0 saturated heterocycles. The largest absolute Gasteiger partial charge is 0.494 e. The third-order valence-corrected chi connectivity index (χ3v) is 6.58. The van der Waals surface area contributed by atoms with Gasteiger partial charge in [0, 0.05) is 36.6 Å². The van der Waals surface area contributed by atoms with Crippen molar-refractivity contribution in [3.63, 3.8) is 0 Å². The third kappa shape index (κ3) is 5.61. The number of aromatic nitrogens is 1. The van der Waals surface area contributed by atoms with Crippen LogP contribution in [-0.4, -0.2) is 51.9 Å². The van der Waals surface area contributed by atoms with Gasteiger partial charge in [-0.1, -0.05) is 25.5 Å². The molecule has 1 aliphatic rings. The molecule has 3 aromatic rings. The van der Waals surface area contributed by atoms with E-state index in [1.807, 2.05) is 38.2 Å². The Hall–Kier alpha value is -3.61. The van der Waals surface area contributed by atoms with Crippen molar-refractivity contribution in [2.24, 2.45) is 0 Å². The van der Waals surface area contributed by atoms with Gasteiger partial charge in [0.2, 0.25) is 5.91 Å². The van der Waals surface area contributed by atoms with E-state index in [-0.39, 0.29) is 30.2 Å². The molecule has 0 spiro atoms. The topological polar surface area (TPSA) is 54.8 Å². The molecule has 0 saturated carbocycles. The average molecular weight is 492 g/mol. The summed E-state index contributed by atoms with van der Waals surface area (Å²) in [6.45, 7) is 7.62. The van der Waals surface area contributed by atoms with Crippen molar-refractivity contribution >= 4 is 11.8 Å². The van der Waals surface area contributed by atoms with E-state index in [1.165, 1.54) is 12.1 Å². The zero-order valence-corrected chi connectivity index (χ0v) is 21.2. The first kappa shape index (κ1) is 25.5. The Morgan fingerprint density at radius 2 is 1.86 bits per heavy atom. The summed E-state index contributed by atoms with van der Waals surface area (Å²) in [4.78, 5) is 30.4. The lowest BCUT2D eigenvalue weighted by atomic mass is 9.99. The molecule has 0 N–H and O–H groups in total. The summed E-state index contributed by atoms with van der Waals surface area (Å²) in [6.07, 6.45) is 4.00. The number of hydrogen-bond donors (Lipinski definition) is 0. The Bertz CT molecular complexity index is 1190. The number of carbonyl (C=O) groups is 2. The fourth-order valence-corrected chi connectivity index (χ4v) is 4.60. The highest BCUT2D eigenvalue weighted by Gasteiger charge is 2.34. The first-order chi connectivity index (χ1) is 17.4. The normalized spacial score (nSPS) is 15.0. The number of unbranched alkanes of at least 4 members (excludes halogenated alkanes) is 1. The molecule has 0 bridgehead atoms. The van der Waals surface area contributed by atoms with Crippen LogP contribution in [0.2, 0.25) is 0 Å². The maximum atomic E-state index is 14.1. The standard InChI is InChI=1S/C29H34FN3O3/c1-4-5-18-36-25-13-11-22(12-14-25)29(35)33(21(2)3)20-27(34)32-17-16-31-15-7-10-26(31)28(32)23-8-6-9-24(30)19-23/h6-15,19,21,28H,4-5,16-18,20H2,1-3H3. The van der Waals surface area contributed by atoms with Crippen molar-refractivity contribution in [2.45, 2.75) is 52.2 Å². The van der Waals surface area contributed by atoms with Gasteiger partial charge in [-0.2, -0.15) is 0 Å². The fraction of sp³-hybridized carbons (Fsp3) is 0.379. The summed E-state index contributed by atoms with van der Waals surface area (Å²) in [7, 11) is 0. The average Bonchev–Trinajstić information content (AvgIpc) is 3.35. The van der Waals surface area contributed by atoms with E-state index in [2.05, 4.69) is 11.5 Å². The van der Waals surface area contributed by atoms with Gasteiger partial charge in [0.15, 0.2) is 0 Å². The zero-order valence-electron chi connectivity index (χ0n) is 21.2. The van der Waals surface area contributed by atoms with E-state index in [1.54, 1.807) is 40.1 Å². The van der Waals surface area contributed by atoms with Crippen LogP contribution in [0.4, 0.5) is 4.39 Å². The minimum absolute atomic E-state index is 0.0578. The molecule has 0 radical (unpaired) electrons. The lowest BCUT2D eigenvalue weighted by Crippen LogP contribution is -2.49. The Morgan fingerprint density at radius 1 is 1.08 bits per heavy atom. The monoisotopic (exact) mass is 491 g/mol. The molecule has 36 heavy (non-hydrogen) atoms. The van der Waals surface area contributed by atoms with Gasteiger partial charge in [0.25, 0.3) is 5.91 Å². The smallest absolute Gasteiger partial charge is 0.254 e. The summed E-state index contributed by atoms with van der Waals surface area (Å²) in [5, 5.41) is 0. The number of rotatable bonds is 9. The van der Waals surface area contributed by atoms with E-state index in [0.29, 0.717) is 30.8 Å². The molecule has 1 unspecified atom stereocenters. The predicted molar refractivity (Wildman–Crippen MR) is 137 cm³/mol. The van der Waals surface area contributed by atoms with E-state index >= 15 is 0 Å². The fourth-order valence-electron chi connectivity index (χ4n) is 4.60. The van der Waals surface area contributed by atoms with E-state index < -0.39 is 6.04 Å². The summed E-state index contributed by atoms with van der Waals surface area (Å²) < 4.78 is 21.9. The molecule has 1 aromatic heterocycles. The Balaban J connectivity index is 1.53. The first-order valence-electron chi connectivity index (χ1n) is 12.6. The highest BCUT2D eigenvalue weighted by molar-refractivity contribution is 5.97. The van der Waals surface area contributed by atoms with Gasteiger partial charge in [0.1, 0.15) is 18.1 Å². The molecule has 2 aromatic carbocycles. The van der Waals surface area contributed by atoms with Crippen LogP contribution in [0, 0.1) is 5.82 Å². The summed E-state index contributed by atoms with van der Waals surface area (Å²) in [5.74, 6) is 0.00513. The highest BCUT2D eigenvalue weighted by Crippen LogP contribution is 2.33. The SMILES string of the molecule is CCCCOc1ccc(C(=O)N(CC(=O)N2CCn3cccc3C2c2cccc(F)c2)C(C)C)cc1. The summed E-state index contributed by atoms with van der Waals surface area (Å²) in [6, 6.07) is 16.8. The van der Waals surface area contributed by atoms with Gasteiger partial charge < -0.3 is 19.1 Å². The first-order valence-corrected chi connectivity index (χ1v) is 12.6. The van der Waals surface area contributed by atoms with Crippen LogP contribution >= 0.6 is 0 Å². The number of halogens is 1. The zero-order chi connectivity index (χ0) is 25.7. The maximum Gasteiger partial charge on any atom is 0.254 e. The van der Waals surface area contributed by atoms with E-state index in [9.17, 15) is 14.0 Å². The van der Waals surface area contributed by atoms with E-state index in [0.717, 1.165) is 24.3 Å². The molecular weight excluding hydrogens is 457 g/mol. The quantitative estimate of drug-likeness (QED) is 0.382. The lowest BCUT2D eigenvalue weighted by Gasteiger charge is -2.39. The van der Waals surface area contributed by atoms with Gasteiger partial charge in [0.05, 0.1) is 12.6 Å². The summed E-state index contributed by atoms with van der Waals surface area (Å²) >= 11 is 0. The number of ether oxygens (including phenoxy) is 1. The van der Waals surface area contributed by atoms with Crippen LogP contribution in [-0.2, 0) is 11.3 Å². The van der Waals surface area contributed by atoms with Crippen molar-refractivity contribution in [3.05, 3.63) is 89.5 Å². The molecule has 4 rings (SSSR count). The molecule has 2 heterocycles. The molecule has 1 atom stereocenters. The molecular formula is C29H34FN3O3. The number of nitrogens with zero attached hydrogens (tertiary/aromatic N) is 3. The second kappa shape index (κ2) is 11.4. The Labute approximate surface area is 212 Å². The summed E-state index contributed by atoms with van der Waals surface area (Å²) in [5.41, 5.74) is 2.15. The van der Waals surface area contributed by atoms with Gasteiger partial charge in [-0.05, 0) is 74.4 Å². The van der Waals surface area contributed by atoms with Gasteiger partial charge in [-0.25, -0.2) is 4.39 Å². The second-order valence-electron chi connectivity index (χ2n) is 9.42. The Morgan fingerprint density at radius 3 is 2.56 bits per heavy atom. The van der Waals surface area contributed by atoms with Gasteiger partial charge >= 0.3 is 0 Å². The number of amides is 2. The van der Waals surface area contributed by atoms with E-state index in [4.69, 9.17) is 4.74 Å². The minimum atomic E-state index is -0.416. The highest BCUT2D eigenvalue weighted by atomic mass is 19.1. The maximum absolute atomic E-state index is 14.1. The van der Waals surface area contributed by atoms with Gasteiger partial charge in [-0.15, -0.1) is 0 Å². The van der Waals surface area contributed by atoms with Crippen LogP contribution in [0.3, 0.4) is 0 Å². The van der Waals surface area contributed by atoms with Crippen molar-refractivity contribution < 1.29 is 18.7 Å². The van der Waals surface area contributed by atoms with Crippen molar-refractivity contribution in [1.29, 1.82) is 0 Å². The Kier molecular flexibility index (Phi) is 8.08. The molecule has 7 heteroatoms. The van der Waals surface area contributed by atoms with Crippen LogP contribution in [0.1, 0.15) is 61.3 Å². The van der Waals surface area contributed by atoms with Crippen molar-refractivity contribution in [3.8, 4) is 5.75 Å². The van der Waals surface area contributed by atoms with Crippen LogP contribution in [0.15, 0.2) is 66.9 Å². The lowest BCUT2D eigenvalue weighted by molar-refractivity contribution is -0.135. The second-order valence-corrected chi connectivity index (χ2v) is 9.42. The molecule has 0 fully saturated rings. The molecule has 0 aliphatic carbocycles. The minimum Gasteiger partial charge on any atom is -0.494 e. The van der Waals surface area contributed by atoms with Gasteiger partial charge in [-0.3, -0.25) is 9.59 Å². The number of benzene rings is 2. The number of hydrogen-bond acceptors (Lipinski definition) is 3. The van der Waals surface area contributed by atoms with Crippen LogP contribution < -0.4 is 4.74 Å². The van der Waals surface area contributed by atoms with Crippen LogP contribution in [0.5, 0.6) is 5.75 Å². The molecule has 1 aliphatic heterocycles. The molecule has 6 nitrogen and oxygen atoms in total. The predicted octanol–water partition coefficient (Wildman–Crippen LogP) is 5.29. The molecule has 2 amide bonds. The number of fused-ring (bicyclic) bond motifs is 1. The van der Waals surface area contributed by atoms with Crippen molar-refractivity contribution in [1.82, 2.24) is 14.4 Å².